The normalized spacial score (nSPS) is 11.3. The molecule has 1 unspecified atom stereocenters. The van der Waals surface area contributed by atoms with Gasteiger partial charge in [0.15, 0.2) is 0 Å². The Labute approximate surface area is 178 Å². The number of likely N-dealkylation sites (N-methyl/N-ethyl adjacent to an activating group) is 1. The summed E-state index contributed by atoms with van der Waals surface area (Å²) in [6, 6.07) is -0.847. The lowest BCUT2D eigenvalue weighted by Gasteiger charge is -2.19. The number of hydrogen-bond donors (Lipinski definition) is 5. The van der Waals surface area contributed by atoms with Crippen LogP contribution in [0.4, 0.5) is 0 Å². The minimum Gasteiger partial charge on any atom is -0.375 e. The van der Waals surface area contributed by atoms with Crippen molar-refractivity contribution in [1.29, 1.82) is 0 Å². The average molecular weight is 423 g/mol. The smallest absolute Gasteiger partial charge is 0.242 e. The van der Waals surface area contributed by atoms with Crippen LogP contribution in [0.15, 0.2) is 37.1 Å². The molecule has 0 aliphatic carbocycles. The van der Waals surface area contributed by atoms with Crippen LogP contribution in [0.3, 0.4) is 0 Å². The van der Waals surface area contributed by atoms with Gasteiger partial charge in [0.25, 0.3) is 0 Å². The number of nitrogens with one attached hydrogen (secondary N) is 4. The lowest BCUT2D eigenvalue weighted by molar-refractivity contribution is -0.130. The van der Waals surface area contributed by atoms with Crippen LogP contribution in [0.25, 0.3) is 0 Å². The molecular weight excluding hydrogens is 388 g/mol. The summed E-state index contributed by atoms with van der Waals surface area (Å²) in [5.41, 5.74) is 6.07. The highest BCUT2D eigenvalue weighted by Crippen LogP contribution is 2.03. The van der Waals surface area contributed by atoms with Crippen molar-refractivity contribution < 1.29 is 19.2 Å². The van der Waals surface area contributed by atoms with E-state index >= 15 is 0 Å². The van der Waals surface area contributed by atoms with Gasteiger partial charge in [-0.05, 0) is 19.4 Å². The van der Waals surface area contributed by atoms with Crippen LogP contribution in [0, 0.1) is 0 Å². The van der Waals surface area contributed by atoms with Gasteiger partial charge in [-0.3, -0.25) is 19.2 Å². The van der Waals surface area contributed by atoms with Crippen LogP contribution in [0.2, 0.25) is 0 Å². The lowest BCUT2D eigenvalue weighted by atomic mass is 10.2. The molecule has 0 aliphatic heterocycles. The first-order chi connectivity index (χ1) is 14.2. The van der Waals surface area contributed by atoms with Gasteiger partial charge < -0.3 is 31.9 Å². The predicted octanol–water partition coefficient (Wildman–Crippen LogP) is -1.23. The van der Waals surface area contributed by atoms with Crippen LogP contribution in [0.1, 0.15) is 19.8 Å². The van der Waals surface area contributed by atoms with Crippen molar-refractivity contribution in [3.8, 4) is 0 Å². The van der Waals surface area contributed by atoms with Crippen molar-refractivity contribution in [3.05, 3.63) is 37.1 Å². The van der Waals surface area contributed by atoms with E-state index in [0.29, 0.717) is 26.1 Å². The molecular formula is C20H34N6O4. The Hall–Kier alpha value is -3.14. The van der Waals surface area contributed by atoms with E-state index in [0.717, 1.165) is 5.70 Å². The molecule has 4 amide bonds. The van der Waals surface area contributed by atoms with Gasteiger partial charge in [0.05, 0.1) is 13.1 Å². The van der Waals surface area contributed by atoms with E-state index in [4.69, 9.17) is 5.73 Å². The number of carbonyl (C=O) groups excluding carboxylic acids is 4. The Bertz CT molecular complexity index is 647. The molecule has 0 fully saturated rings. The number of hydrogen-bond acceptors (Lipinski definition) is 6. The average Bonchev–Trinajstić information content (AvgIpc) is 2.72. The van der Waals surface area contributed by atoms with Gasteiger partial charge in [-0.15, -0.1) is 0 Å². The van der Waals surface area contributed by atoms with Gasteiger partial charge in [0, 0.05) is 38.8 Å². The molecule has 10 heteroatoms. The molecule has 0 aromatic heterocycles. The van der Waals surface area contributed by atoms with Gasteiger partial charge in [0.2, 0.25) is 23.6 Å². The largest absolute Gasteiger partial charge is 0.375 e. The van der Waals surface area contributed by atoms with E-state index in [1.54, 1.807) is 12.2 Å². The molecule has 0 saturated heterocycles. The van der Waals surface area contributed by atoms with Crippen molar-refractivity contribution in [1.82, 2.24) is 26.2 Å². The van der Waals surface area contributed by atoms with Gasteiger partial charge in [-0.25, -0.2) is 0 Å². The summed E-state index contributed by atoms with van der Waals surface area (Å²) in [5.74, 6) is -1.64. The third kappa shape index (κ3) is 13.1. The van der Waals surface area contributed by atoms with E-state index in [9.17, 15) is 19.2 Å². The molecule has 30 heavy (non-hydrogen) atoms. The Morgan fingerprint density at radius 3 is 2.37 bits per heavy atom. The van der Waals surface area contributed by atoms with Crippen LogP contribution in [-0.4, -0.2) is 74.3 Å². The van der Waals surface area contributed by atoms with Crippen LogP contribution < -0.4 is 27.0 Å². The van der Waals surface area contributed by atoms with E-state index in [2.05, 4.69) is 34.4 Å². The summed E-state index contributed by atoms with van der Waals surface area (Å²) >= 11 is 0. The molecule has 0 rings (SSSR count). The number of nitrogens with two attached hydrogens (primary N) is 1. The van der Waals surface area contributed by atoms with Crippen LogP contribution in [-0.2, 0) is 19.2 Å². The fraction of sp³-hybridized carbons (Fsp3) is 0.500. The molecule has 168 valence electrons. The number of allylic oxidation sites excluding steroid dienone is 3. The SMILES string of the molecule is C=C/C=C\C(=C)N(C)CCCC(=O)NCC(=O)NC(C)C(=O)NCC(=O)NCCN. The third-order valence-electron chi connectivity index (χ3n) is 3.92. The predicted molar refractivity (Wildman–Crippen MR) is 116 cm³/mol. The molecule has 10 nitrogen and oxygen atoms in total. The highest BCUT2D eigenvalue weighted by atomic mass is 16.2. The van der Waals surface area contributed by atoms with Gasteiger partial charge in [0.1, 0.15) is 6.04 Å². The van der Waals surface area contributed by atoms with Crippen LogP contribution >= 0.6 is 0 Å². The van der Waals surface area contributed by atoms with Crippen molar-refractivity contribution >= 4 is 23.6 Å². The minimum atomic E-state index is -0.847. The van der Waals surface area contributed by atoms with Gasteiger partial charge in [-0.1, -0.05) is 25.3 Å². The fourth-order valence-electron chi connectivity index (χ4n) is 2.15. The molecule has 0 aromatic rings. The molecule has 0 radical (unpaired) electrons. The maximum Gasteiger partial charge on any atom is 0.242 e. The summed E-state index contributed by atoms with van der Waals surface area (Å²) in [4.78, 5) is 48.9. The zero-order chi connectivity index (χ0) is 22.9. The Kier molecular flexibility index (Phi) is 14.1. The second-order valence-corrected chi connectivity index (χ2v) is 6.53. The Balaban J connectivity index is 4.05. The zero-order valence-electron chi connectivity index (χ0n) is 17.8. The van der Waals surface area contributed by atoms with E-state index in [-0.39, 0.29) is 31.3 Å². The Morgan fingerprint density at radius 1 is 1.07 bits per heavy atom. The summed E-state index contributed by atoms with van der Waals surface area (Å²) in [5, 5.41) is 9.88. The van der Waals surface area contributed by atoms with Gasteiger partial charge in [-0.2, -0.15) is 0 Å². The summed E-state index contributed by atoms with van der Waals surface area (Å²) in [6.45, 7) is 9.79. The highest BCUT2D eigenvalue weighted by molar-refractivity contribution is 5.91. The van der Waals surface area contributed by atoms with Crippen molar-refractivity contribution in [2.24, 2.45) is 5.73 Å². The molecule has 6 N–H and O–H groups in total. The summed E-state index contributed by atoms with van der Waals surface area (Å²) in [6.07, 6.45) is 6.10. The highest BCUT2D eigenvalue weighted by Gasteiger charge is 2.16. The molecule has 0 heterocycles. The molecule has 0 bridgehead atoms. The molecule has 0 aliphatic rings. The number of nitrogens with zero attached hydrogens (tertiary/aromatic N) is 1. The summed E-state index contributed by atoms with van der Waals surface area (Å²) < 4.78 is 0. The molecule has 1 atom stereocenters. The van der Waals surface area contributed by atoms with Crippen LogP contribution in [0.5, 0.6) is 0 Å². The first-order valence-corrected chi connectivity index (χ1v) is 9.70. The lowest BCUT2D eigenvalue weighted by Crippen LogP contribution is -2.49. The second-order valence-electron chi connectivity index (χ2n) is 6.53. The number of rotatable bonds is 15. The van der Waals surface area contributed by atoms with Gasteiger partial charge >= 0.3 is 0 Å². The quantitative estimate of drug-likeness (QED) is 0.209. The third-order valence-corrected chi connectivity index (χ3v) is 3.92. The zero-order valence-corrected chi connectivity index (χ0v) is 17.8. The van der Waals surface area contributed by atoms with E-state index < -0.39 is 17.9 Å². The second kappa shape index (κ2) is 15.7. The number of carbonyl (C=O) groups is 4. The number of amides is 4. The molecule has 0 aromatic carbocycles. The van der Waals surface area contributed by atoms with Crippen molar-refractivity contribution in [2.45, 2.75) is 25.8 Å². The van der Waals surface area contributed by atoms with E-state index in [1.165, 1.54) is 6.92 Å². The summed E-state index contributed by atoms with van der Waals surface area (Å²) in [7, 11) is 1.87. The maximum atomic E-state index is 11.9. The molecule has 0 saturated carbocycles. The fourth-order valence-corrected chi connectivity index (χ4v) is 2.15. The maximum absolute atomic E-state index is 11.9. The van der Waals surface area contributed by atoms with Crippen molar-refractivity contribution in [2.75, 3.05) is 39.8 Å². The first-order valence-electron chi connectivity index (χ1n) is 9.70. The van der Waals surface area contributed by atoms with E-state index in [1.807, 2.05) is 18.0 Å². The van der Waals surface area contributed by atoms with Crippen molar-refractivity contribution in [3.63, 3.8) is 0 Å². The first kappa shape index (κ1) is 26.9. The standard InChI is InChI=1S/C20H34N6O4/c1-5-6-8-15(2)26(4)12-7-9-17(27)23-14-19(29)25-16(3)20(30)24-13-18(28)22-11-10-21/h5-6,8,16H,1-2,7,9-14,21H2,3-4H3,(H,22,28)(H,23,27)(H,24,30)(H,25,29)/b8-6-. The monoisotopic (exact) mass is 422 g/mol. The topological polar surface area (TPSA) is 146 Å². The Morgan fingerprint density at radius 2 is 1.73 bits per heavy atom. The molecule has 0 spiro atoms. The minimum absolute atomic E-state index is 0.208.